The molecule has 0 bridgehead atoms. The van der Waals surface area contributed by atoms with Crippen LogP contribution in [0.2, 0.25) is 5.02 Å². The van der Waals surface area contributed by atoms with Gasteiger partial charge in [0, 0.05) is 16.6 Å². The Labute approximate surface area is 134 Å². The molecule has 1 saturated heterocycles. The number of carbonyl (C=O) groups is 1. The fourth-order valence-electron chi connectivity index (χ4n) is 2.79. The summed E-state index contributed by atoms with van der Waals surface area (Å²) in [7, 11) is 0. The fraction of sp³-hybridized carbons (Fsp3) is 0.533. The second kappa shape index (κ2) is 6.90. The molecule has 2 atom stereocenters. The maximum absolute atomic E-state index is 11.5. The van der Waals surface area contributed by atoms with Crippen LogP contribution in [0, 0.1) is 0 Å². The van der Waals surface area contributed by atoms with Crippen molar-refractivity contribution >= 4 is 29.5 Å². The topological polar surface area (TPSA) is 57.5 Å². The largest absolute Gasteiger partial charge is 0.513 e. The zero-order chi connectivity index (χ0) is 15.5. The lowest BCUT2D eigenvalue weighted by molar-refractivity contribution is -0.854. The Morgan fingerprint density at radius 3 is 2.81 bits per heavy atom. The number of phenols is 1. The van der Waals surface area contributed by atoms with E-state index in [0.717, 1.165) is 24.2 Å². The van der Waals surface area contributed by atoms with Gasteiger partial charge in [-0.15, -0.1) is 11.8 Å². The summed E-state index contributed by atoms with van der Waals surface area (Å²) in [5.74, 6) is 0.165. The third-order valence-corrected chi connectivity index (χ3v) is 6.05. The molecule has 21 heavy (non-hydrogen) atoms. The number of halogens is 1. The highest BCUT2D eigenvalue weighted by molar-refractivity contribution is 8.00. The van der Waals surface area contributed by atoms with Gasteiger partial charge in [-0.05, 0) is 38.0 Å². The van der Waals surface area contributed by atoms with Gasteiger partial charge in [0.05, 0.1) is 24.7 Å². The minimum Gasteiger partial charge on any atom is -0.508 e. The molecule has 0 spiro atoms. The number of carboxylic acid groups (broad SMARTS) is 1. The number of rotatable bonds is 3. The Morgan fingerprint density at radius 1 is 1.43 bits per heavy atom. The van der Waals surface area contributed by atoms with E-state index >= 15 is 0 Å². The van der Waals surface area contributed by atoms with Gasteiger partial charge >= 0.3 is 6.09 Å². The highest BCUT2D eigenvalue weighted by atomic mass is 35.5. The van der Waals surface area contributed by atoms with Crippen molar-refractivity contribution in [3.05, 3.63) is 23.2 Å². The zero-order valence-corrected chi connectivity index (χ0v) is 13.7. The monoisotopic (exact) mass is 330 g/mol. The van der Waals surface area contributed by atoms with E-state index in [1.807, 2.05) is 13.0 Å². The number of hydrogen-bond donors (Lipinski definition) is 2. The summed E-state index contributed by atoms with van der Waals surface area (Å²) >= 11 is 7.83. The molecule has 1 fully saturated rings. The number of amides is 1. The van der Waals surface area contributed by atoms with Crippen molar-refractivity contribution in [1.82, 2.24) is 0 Å². The number of benzene rings is 1. The minimum atomic E-state index is -0.717. The molecule has 1 aromatic rings. The molecule has 2 rings (SSSR count). The molecule has 1 heterocycles. The molecule has 1 aromatic carbocycles. The van der Waals surface area contributed by atoms with Crippen LogP contribution in [-0.4, -0.2) is 45.7 Å². The number of aromatic hydroxyl groups is 1. The maximum atomic E-state index is 11.5. The summed E-state index contributed by atoms with van der Waals surface area (Å²) in [5, 5.41) is 19.8. The van der Waals surface area contributed by atoms with Crippen LogP contribution < -0.4 is 0 Å². The average Bonchev–Trinajstić information content (AvgIpc) is 2.65. The highest BCUT2D eigenvalue weighted by Crippen LogP contribution is 2.37. The quantitative estimate of drug-likeness (QED) is 0.815. The molecular weight excluding hydrogens is 310 g/mol. The smallest absolute Gasteiger partial charge is 0.508 e. The van der Waals surface area contributed by atoms with E-state index in [2.05, 4.69) is 0 Å². The third-order valence-electron chi connectivity index (χ3n) is 4.21. The van der Waals surface area contributed by atoms with Crippen LogP contribution in [0.5, 0.6) is 5.75 Å². The molecule has 2 unspecified atom stereocenters. The lowest BCUT2D eigenvalue weighted by Gasteiger charge is -2.30. The Hall–Kier alpha value is -0.910. The molecule has 116 valence electrons. The van der Waals surface area contributed by atoms with E-state index in [4.69, 9.17) is 11.6 Å². The minimum absolute atomic E-state index is 0.165. The van der Waals surface area contributed by atoms with Crippen molar-refractivity contribution in [2.45, 2.75) is 36.3 Å². The van der Waals surface area contributed by atoms with Gasteiger partial charge in [0.2, 0.25) is 0 Å². The van der Waals surface area contributed by atoms with E-state index in [1.165, 1.54) is 0 Å². The van der Waals surface area contributed by atoms with Crippen LogP contribution in [0.15, 0.2) is 23.1 Å². The molecule has 1 aliphatic heterocycles. The Morgan fingerprint density at radius 2 is 2.19 bits per heavy atom. The SMILES string of the molecule is CC[N+]1(C(=O)O)CCCC(Sc2ccc(O)cc2Cl)CC1. The van der Waals surface area contributed by atoms with E-state index in [0.29, 0.717) is 29.9 Å². The van der Waals surface area contributed by atoms with E-state index in [9.17, 15) is 15.0 Å². The Kier molecular flexibility index (Phi) is 5.41. The second-order valence-electron chi connectivity index (χ2n) is 5.48. The van der Waals surface area contributed by atoms with Crippen molar-refractivity contribution in [3.63, 3.8) is 0 Å². The first-order valence-corrected chi connectivity index (χ1v) is 8.47. The molecule has 6 heteroatoms. The number of nitrogens with zero attached hydrogens (tertiary/aromatic N) is 1. The van der Waals surface area contributed by atoms with Crippen LogP contribution in [-0.2, 0) is 0 Å². The molecule has 1 amide bonds. The first-order valence-electron chi connectivity index (χ1n) is 7.21. The fourth-order valence-corrected chi connectivity index (χ4v) is 4.29. The predicted octanol–water partition coefficient (Wildman–Crippen LogP) is 4.20. The van der Waals surface area contributed by atoms with Crippen molar-refractivity contribution in [2.75, 3.05) is 19.6 Å². The third kappa shape index (κ3) is 3.84. The summed E-state index contributed by atoms with van der Waals surface area (Å²) in [6, 6.07) is 5.01. The van der Waals surface area contributed by atoms with Gasteiger partial charge in [0.25, 0.3) is 0 Å². The molecule has 0 aromatic heterocycles. The van der Waals surface area contributed by atoms with Crippen LogP contribution in [0.3, 0.4) is 0 Å². The highest BCUT2D eigenvalue weighted by Gasteiger charge is 2.37. The number of quaternary nitrogens is 1. The maximum Gasteiger partial charge on any atom is 0.513 e. The van der Waals surface area contributed by atoms with Gasteiger partial charge in [0.15, 0.2) is 0 Å². The van der Waals surface area contributed by atoms with Crippen LogP contribution in [0.25, 0.3) is 0 Å². The Balaban J connectivity index is 2.05. The lowest BCUT2D eigenvalue weighted by atomic mass is 10.2. The summed E-state index contributed by atoms with van der Waals surface area (Å²) in [6.45, 7) is 3.94. The molecule has 1 aliphatic rings. The molecule has 0 radical (unpaired) electrons. The van der Waals surface area contributed by atoms with Crippen molar-refractivity contribution in [3.8, 4) is 5.75 Å². The summed E-state index contributed by atoms with van der Waals surface area (Å²) in [5.41, 5.74) is 0. The summed E-state index contributed by atoms with van der Waals surface area (Å²) < 4.78 is 0.167. The molecular formula is C15H21ClNO3S+. The van der Waals surface area contributed by atoms with Crippen molar-refractivity contribution in [1.29, 1.82) is 0 Å². The number of hydrogen-bond acceptors (Lipinski definition) is 3. The standard InChI is InChI=1S/C15H20ClNO3S/c1-2-17(15(19)20)8-3-4-12(7-9-17)21-14-6-5-11(18)10-13(14)16/h5-6,10,12H,2-4,7-9H2,1H3,(H-,18,19,20)/p+1. The van der Waals surface area contributed by atoms with E-state index in [1.54, 1.807) is 23.9 Å². The summed E-state index contributed by atoms with van der Waals surface area (Å²) in [6.07, 6.45) is 2.05. The van der Waals surface area contributed by atoms with E-state index < -0.39 is 6.09 Å². The average molecular weight is 331 g/mol. The number of phenolic OH excluding ortho intramolecular Hbond substituents is 1. The zero-order valence-electron chi connectivity index (χ0n) is 12.1. The van der Waals surface area contributed by atoms with Gasteiger partial charge in [-0.25, -0.2) is 4.48 Å². The number of thioether (sulfide) groups is 1. The van der Waals surface area contributed by atoms with Crippen molar-refractivity contribution < 1.29 is 19.5 Å². The molecule has 0 saturated carbocycles. The molecule has 2 N–H and O–H groups in total. The molecule has 4 nitrogen and oxygen atoms in total. The van der Waals surface area contributed by atoms with Gasteiger partial charge in [-0.2, -0.15) is 4.79 Å². The predicted molar refractivity (Wildman–Crippen MR) is 85.2 cm³/mol. The van der Waals surface area contributed by atoms with Crippen LogP contribution >= 0.6 is 23.4 Å². The van der Waals surface area contributed by atoms with Gasteiger partial charge < -0.3 is 10.2 Å². The summed E-state index contributed by atoms with van der Waals surface area (Å²) in [4.78, 5) is 12.5. The van der Waals surface area contributed by atoms with Gasteiger partial charge in [-0.3, -0.25) is 0 Å². The van der Waals surface area contributed by atoms with Crippen molar-refractivity contribution in [2.24, 2.45) is 0 Å². The van der Waals surface area contributed by atoms with Gasteiger partial charge in [-0.1, -0.05) is 11.6 Å². The van der Waals surface area contributed by atoms with E-state index in [-0.39, 0.29) is 10.2 Å². The first-order chi connectivity index (χ1) is 9.97. The normalized spacial score (nSPS) is 26.3. The number of likely N-dealkylation sites (tertiary alicyclic amines) is 1. The first kappa shape index (κ1) is 16.5. The van der Waals surface area contributed by atoms with Gasteiger partial charge in [0.1, 0.15) is 5.75 Å². The van der Waals surface area contributed by atoms with Crippen LogP contribution in [0.4, 0.5) is 4.79 Å². The van der Waals surface area contributed by atoms with Crippen LogP contribution in [0.1, 0.15) is 26.2 Å². The Bertz CT molecular complexity index is 526. The second-order valence-corrected chi connectivity index (χ2v) is 7.23. The molecule has 0 aliphatic carbocycles. The lowest BCUT2D eigenvalue weighted by Crippen LogP contribution is -2.52.